The third kappa shape index (κ3) is 14.9. The van der Waals surface area contributed by atoms with Crippen LogP contribution in [0.4, 0.5) is 0 Å². The highest BCUT2D eigenvalue weighted by molar-refractivity contribution is 5.99. The van der Waals surface area contributed by atoms with E-state index in [2.05, 4.69) is 21.3 Å². The van der Waals surface area contributed by atoms with Gasteiger partial charge in [0.15, 0.2) is 18.1 Å². The van der Waals surface area contributed by atoms with Gasteiger partial charge >= 0.3 is 5.97 Å². The molecule has 2 aliphatic heterocycles. The summed E-state index contributed by atoms with van der Waals surface area (Å²) in [4.78, 5) is 95.0. The summed E-state index contributed by atoms with van der Waals surface area (Å²) in [5.41, 5.74) is 1.01. The Morgan fingerprint density at radius 3 is 1.91 bits per heavy atom. The number of hydrogen-bond acceptors (Lipinski definition) is 10. The molecule has 2 heterocycles. The maximum atomic E-state index is 14.2. The molecule has 5 rings (SSSR count). The third-order valence-corrected chi connectivity index (χ3v) is 12.0. The summed E-state index contributed by atoms with van der Waals surface area (Å²) in [6, 6.07) is 19.7. The van der Waals surface area contributed by atoms with Gasteiger partial charge in [-0.15, -0.1) is 0 Å². The van der Waals surface area contributed by atoms with Gasteiger partial charge in [-0.25, -0.2) is 0 Å². The van der Waals surface area contributed by atoms with Crippen molar-refractivity contribution in [3.63, 3.8) is 0 Å². The topological polar surface area (TPSA) is 199 Å². The Labute approximate surface area is 388 Å². The zero-order valence-corrected chi connectivity index (χ0v) is 39.7. The van der Waals surface area contributed by atoms with E-state index in [4.69, 9.17) is 14.2 Å². The van der Waals surface area contributed by atoms with Gasteiger partial charge in [0.05, 0.1) is 36.8 Å². The smallest absolute Gasteiger partial charge is 0.316 e. The molecule has 15 nitrogen and oxygen atoms in total. The van der Waals surface area contributed by atoms with Gasteiger partial charge in [-0.3, -0.25) is 33.6 Å². The van der Waals surface area contributed by atoms with E-state index < -0.39 is 58.9 Å². The van der Waals surface area contributed by atoms with Crippen molar-refractivity contribution in [3.8, 4) is 5.75 Å². The van der Waals surface area contributed by atoms with Crippen molar-refractivity contribution >= 4 is 41.2 Å². The van der Waals surface area contributed by atoms with E-state index in [1.807, 2.05) is 74.5 Å². The molecule has 5 atom stereocenters. The van der Waals surface area contributed by atoms with E-state index in [0.29, 0.717) is 45.7 Å². The third-order valence-electron chi connectivity index (χ3n) is 12.0. The Morgan fingerprint density at radius 1 is 0.742 bits per heavy atom. The minimum atomic E-state index is -1.12. The van der Waals surface area contributed by atoms with Gasteiger partial charge < -0.3 is 40.0 Å². The standard InChI is InChI=1S/C51H67N5O10/c1-33(2)27-41(45(59)51(8)32-65-51)54-48(62)42(29-37-17-13-10-14-18-37)55-46(60)34(3)52-47(61)40(21-19-36-15-11-9-12-16-36)53-44(58)31-56(23-25-64-26-24-56)30-38-20-22-43(39(28-38)35(4)57)66-49(63)50(5,6)7/h9-18,20,22,28,33-34,40-42H,19,21,23-27,29-32H2,1-8H3,(H3-,52,53,54,55,58,60,61,62)/p+1/t34-,40-,41-,42-,51+/m0/s1. The predicted molar refractivity (Wildman–Crippen MR) is 248 cm³/mol. The van der Waals surface area contributed by atoms with Gasteiger partial charge in [-0.1, -0.05) is 74.5 Å². The monoisotopic (exact) mass is 910 g/mol. The Morgan fingerprint density at radius 2 is 1.33 bits per heavy atom. The molecule has 0 saturated carbocycles. The number of ketones is 2. The van der Waals surface area contributed by atoms with Crippen molar-refractivity contribution in [1.82, 2.24) is 21.3 Å². The molecule has 3 aromatic carbocycles. The summed E-state index contributed by atoms with van der Waals surface area (Å²) in [6.07, 6.45) is 1.19. The fourth-order valence-corrected chi connectivity index (χ4v) is 7.88. The molecule has 66 heavy (non-hydrogen) atoms. The van der Waals surface area contributed by atoms with Crippen LogP contribution in [0.25, 0.3) is 0 Å². The van der Waals surface area contributed by atoms with Gasteiger partial charge in [-0.2, -0.15) is 0 Å². The number of hydrogen-bond donors (Lipinski definition) is 4. The highest BCUT2D eigenvalue weighted by Gasteiger charge is 2.50. The molecular formula is C51H68N5O10+. The Hall–Kier alpha value is -5.77. The number of Topliss-reactive ketones (excluding diaryl/α,β-unsaturated/α-hetero) is 2. The van der Waals surface area contributed by atoms with E-state index in [-0.39, 0.29) is 65.2 Å². The number of rotatable bonds is 22. The quantitative estimate of drug-likeness (QED) is 0.0368. The normalized spacial score (nSPS) is 18.4. The fourth-order valence-electron chi connectivity index (χ4n) is 7.88. The van der Waals surface area contributed by atoms with Crippen LogP contribution < -0.4 is 26.0 Å². The van der Waals surface area contributed by atoms with Gasteiger partial charge in [-0.05, 0) is 96.0 Å². The van der Waals surface area contributed by atoms with Crippen molar-refractivity contribution in [1.29, 1.82) is 0 Å². The summed E-state index contributed by atoms with van der Waals surface area (Å²) in [6.45, 7) is 16.1. The van der Waals surface area contributed by atoms with Gasteiger partial charge in [0.1, 0.15) is 49.1 Å². The summed E-state index contributed by atoms with van der Waals surface area (Å²) >= 11 is 0. The molecule has 0 aromatic heterocycles. The highest BCUT2D eigenvalue weighted by atomic mass is 16.6. The number of aryl methyl sites for hydroxylation is 1. The Bertz CT molecular complexity index is 2200. The number of morpholine rings is 1. The van der Waals surface area contributed by atoms with Crippen LogP contribution >= 0.6 is 0 Å². The number of epoxide rings is 1. The van der Waals surface area contributed by atoms with E-state index in [1.54, 1.807) is 45.9 Å². The summed E-state index contributed by atoms with van der Waals surface area (Å²) in [5.74, 6) is -2.85. The van der Waals surface area contributed by atoms with E-state index in [9.17, 15) is 33.6 Å². The molecule has 15 heteroatoms. The number of carbonyl (C=O) groups excluding carboxylic acids is 7. The van der Waals surface area contributed by atoms with E-state index in [1.165, 1.54) is 13.8 Å². The zero-order valence-electron chi connectivity index (χ0n) is 39.7. The lowest BCUT2D eigenvalue weighted by Gasteiger charge is -2.41. The van der Waals surface area contributed by atoms with Gasteiger partial charge in [0.25, 0.3) is 5.91 Å². The Balaban J connectivity index is 1.31. The summed E-state index contributed by atoms with van der Waals surface area (Å²) in [5, 5.41) is 11.4. The average Bonchev–Trinajstić information content (AvgIpc) is 4.03. The average molecular weight is 911 g/mol. The number of nitrogens with one attached hydrogen (secondary N) is 4. The number of esters is 1. The van der Waals surface area contributed by atoms with Crippen LogP contribution in [0, 0.1) is 11.3 Å². The minimum absolute atomic E-state index is 0.00740. The molecule has 4 amide bonds. The molecule has 0 radical (unpaired) electrons. The zero-order chi connectivity index (χ0) is 48.2. The first-order valence-electron chi connectivity index (χ1n) is 22.9. The van der Waals surface area contributed by atoms with Crippen molar-refractivity contribution in [2.24, 2.45) is 11.3 Å². The van der Waals surface area contributed by atoms with Crippen molar-refractivity contribution < 1.29 is 52.3 Å². The molecule has 356 valence electrons. The number of carbonyl (C=O) groups is 7. The lowest BCUT2D eigenvalue weighted by atomic mass is 9.93. The lowest BCUT2D eigenvalue weighted by molar-refractivity contribution is -0.940. The maximum Gasteiger partial charge on any atom is 0.316 e. The van der Waals surface area contributed by atoms with Crippen molar-refractivity contribution in [3.05, 3.63) is 101 Å². The molecule has 2 aliphatic rings. The summed E-state index contributed by atoms with van der Waals surface area (Å²) in [7, 11) is 0. The first-order valence-corrected chi connectivity index (χ1v) is 22.9. The molecule has 0 aliphatic carbocycles. The SMILES string of the molecule is CC(=O)c1cc(C[N+]2(CC(=O)N[C@@H](CCc3ccccc3)C(=O)N[C@@H](C)C(=O)N[C@@H](Cc3ccccc3)C(=O)N[C@@H](CC(C)C)C(=O)[C@@]3(C)CO3)CCOCC2)ccc1OC(=O)C(C)(C)C. The maximum absolute atomic E-state index is 14.2. The second-order valence-electron chi connectivity index (χ2n) is 19.4. The number of benzene rings is 3. The molecular weight excluding hydrogens is 843 g/mol. The second-order valence-corrected chi connectivity index (χ2v) is 19.4. The number of ether oxygens (including phenoxy) is 3. The predicted octanol–water partition coefficient (Wildman–Crippen LogP) is 4.43. The van der Waals surface area contributed by atoms with Crippen molar-refractivity contribution in [2.45, 2.75) is 117 Å². The van der Waals surface area contributed by atoms with Crippen LogP contribution in [-0.2, 0) is 57.6 Å². The van der Waals surface area contributed by atoms with Crippen LogP contribution in [-0.4, -0.2) is 115 Å². The summed E-state index contributed by atoms with van der Waals surface area (Å²) < 4.78 is 17.0. The molecule has 0 unspecified atom stereocenters. The van der Waals surface area contributed by atoms with Gasteiger partial charge in [0.2, 0.25) is 17.7 Å². The molecule has 0 bridgehead atoms. The molecule has 3 aromatic rings. The van der Waals surface area contributed by atoms with Crippen LogP contribution in [0.15, 0.2) is 78.9 Å². The Kier molecular flexibility index (Phi) is 17.6. The molecule has 2 saturated heterocycles. The van der Waals surface area contributed by atoms with Crippen LogP contribution in [0.1, 0.15) is 95.3 Å². The first kappa shape index (κ1) is 51.2. The first-order chi connectivity index (χ1) is 31.2. The second kappa shape index (κ2) is 22.6. The number of nitrogens with zero attached hydrogens (tertiary/aromatic N) is 1. The minimum Gasteiger partial charge on any atom is -0.425 e. The molecule has 2 fully saturated rings. The highest BCUT2D eigenvalue weighted by Crippen LogP contribution is 2.30. The van der Waals surface area contributed by atoms with Gasteiger partial charge in [0, 0.05) is 12.0 Å². The van der Waals surface area contributed by atoms with Crippen molar-refractivity contribution in [2.75, 3.05) is 39.5 Å². The van der Waals surface area contributed by atoms with Crippen LogP contribution in [0.3, 0.4) is 0 Å². The molecule has 4 N–H and O–H groups in total. The lowest BCUT2D eigenvalue weighted by Crippen LogP contribution is -2.61. The largest absolute Gasteiger partial charge is 0.425 e. The van der Waals surface area contributed by atoms with Crippen LogP contribution in [0.5, 0.6) is 5.75 Å². The number of quaternary nitrogens is 1. The van der Waals surface area contributed by atoms with Crippen LogP contribution in [0.2, 0.25) is 0 Å². The molecule has 0 spiro atoms. The number of amides is 4. The van der Waals surface area contributed by atoms with E-state index in [0.717, 1.165) is 16.7 Å². The fraction of sp³-hybridized carbons (Fsp3) is 0.510. The van der Waals surface area contributed by atoms with E-state index >= 15 is 0 Å².